The van der Waals surface area contributed by atoms with Crippen LogP contribution in [0.1, 0.15) is 24.3 Å². The molecule has 0 aliphatic carbocycles. The van der Waals surface area contributed by atoms with Crippen molar-refractivity contribution in [3.63, 3.8) is 0 Å². The minimum absolute atomic E-state index is 0.177. The molecule has 3 rings (SSSR count). The lowest BCUT2D eigenvalue weighted by molar-refractivity contribution is 0.455. The fourth-order valence-corrected chi connectivity index (χ4v) is 3.87. The lowest BCUT2D eigenvalue weighted by Crippen LogP contribution is -2.26. The summed E-state index contributed by atoms with van der Waals surface area (Å²) in [5.41, 5.74) is 1.26. The van der Waals surface area contributed by atoms with Crippen LogP contribution in [-0.4, -0.2) is 13.1 Å². The molecule has 1 nitrogen and oxygen atoms in total. The zero-order chi connectivity index (χ0) is 14.7. The van der Waals surface area contributed by atoms with Gasteiger partial charge in [0.1, 0.15) is 5.82 Å². The van der Waals surface area contributed by atoms with Gasteiger partial charge >= 0.3 is 0 Å². The van der Waals surface area contributed by atoms with Gasteiger partial charge in [0.15, 0.2) is 0 Å². The summed E-state index contributed by atoms with van der Waals surface area (Å²) >= 11 is 7.53. The predicted octanol–water partition coefficient (Wildman–Crippen LogP) is 5.10. The van der Waals surface area contributed by atoms with E-state index in [1.807, 2.05) is 30.3 Å². The number of halogens is 2. The van der Waals surface area contributed by atoms with Gasteiger partial charge in [-0.15, -0.1) is 0 Å². The smallest absolute Gasteiger partial charge is 0.124 e. The highest BCUT2D eigenvalue weighted by molar-refractivity contribution is 7.99. The van der Waals surface area contributed by atoms with E-state index in [0.717, 1.165) is 40.7 Å². The number of nitrogens with one attached hydrogen (secondary N) is 1. The van der Waals surface area contributed by atoms with E-state index >= 15 is 0 Å². The Bertz CT molecular complexity index is 609. The van der Waals surface area contributed by atoms with Gasteiger partial charge in [-0.2, -0.15) is 0 Å². The Morgan fingerprint density at radius 1 is 1.05 bits per heavy atom. The molecule has 1 aliphatic rings. The van der Waals surface area contributed by atoms with E-state index in [1.165, 1.54) is 5.56 Å². The van der Waals surface area contributed by atoms with Crippen LogP contribution in [-0.2, 0) is 0 Å². The first kappa shape index (κ1) is 14.9. The fraction of sp³-hybridized carbons (Fsp3) is 0.294. The summed E-state index contributed by atoms with van der Waals surface area (Å²) in [5.74, 6) is 0.339. The summed E-state index contributed by atoms with van der Waals surface area (Å²) in [7, 11) is 0. The van der Waals surface area contributed by atoms with Crippen molar-refractivity contribution in [1.82, 2.24) is 5.32 Å². The van der Waals surface area contributed by atoms with Crippen molar-refractivity contribution >= 4 is 23.4 Å². The second kappa shape index (κ2) is 6.82. The van der Waals surface area contributed by atoms with Crippen LogP contribution in [0, 0.1) is 5.82 Å². The van der Waals surface area contributed by atoms with Crippen LogP contribution in [0.2, 0.25) is 5.02 Å². The standard InChI is InChI=1S/C17H17ClFNS/c18-13-1-4-15(5-2-13)21-17-11-14(19)3-6-16(17)12-7-9-20-10-8-12/h1-6,11-12,20H,7-10H2. The fourth-order valence-electron chi connectivity index (χ4n) is 2.70. The molecule has 1 saturated heterocycles. The zero-order valence-corrected chi connectivity index (χ0v) is 13.2. The van der Waals surface area contributed by atoms with Crippen LogP contribution in [0.4, 0.5) is 4.39 Å². The highest BCUT2D eigenvalue weighted by Crippen LogP contribution is 2.37. The molecule has 110 valence electrons. The Hall–Kier alpha value is -1.03. The largest absolute Gasteiger partial charge is 0.317 e. The van der Waals surface area contributed by atoms with Gasteiger partial charge in [0, 0.05) is 14.8 Å². The first-order valence-electron chi connectivity index (χ1n) is 7.16. The van der Waals surface area contributed by atoms with Crippen LogP contribution in [0.15, 0.2) is 52.3 Å². The third kappa shape index (κ3) is 3.79. The van der Waals surface area contributed by atoms with E-state index in [2.05, 4.69) is 5.32 Å². The third-order valence-electron chi connectivity index (χ3n) is 3.80. The number of hydrogen-bond donors (Lipinski definition) is 1. The molecule has 1 N–H and O–H groups in total. The summed E-state index contributed by atoms with van der Waals surface area (Å²) in [6.45, 7) is 2.07. The van der Waals surface area contributed by atoms with Crippen LogP contribution >= 0.6 is 23.4 Å². The van der Waals surface area contributed by atoms with Crippen LogP contribution in [0.25, 0.3) is 0 Å². The van der Waals surface area contributed by atoms with Gasteiger partial charge in [0.25, 0.3) is 0 Å². The van der Waals surface area contributed by atoms with Gasteiger partial charge in [0.2, 0.25) is 0 Å². The number of hydrogen-bond acceptors (Lipinski definition) is 2. The Labute approximate surface area is 133 Å². The monoisotopic (exact) mass is 321 g/mol. The maximum Gasteiger partial charge on any atom is 0.124 e. The van der Waals surface area contributed by atoms with Gasteiger partial charge in [-0.1, -0.05) is 29.4 Å². The second-order valence-corrected chi connectivity index (χ2v) is 6.81. The molecule has 0 unspecified atom stereocenters. The number of benzene rings is 2. The number of rotatable bonds is 3. The summed E-state index contributed by atoms with van der Waals surface area (Å²) in [6, 6.07) is 12.9. The van der Waals surface area contributed by atoms with Gasteiger partial charge < -0.3 is 5.32 Å². The molecule has 0 spiro atoms. The predicted molar refractivity (Wildman–Crippen MR) is 86.8 cm³/mol. The summed E-state index contributed by atoms with van der Waals surface area (Å²) in [6.07, 6.45) is 2.22. The average molecular weight is 322 g/mol. The van der Waals surface area contributed by atoms with E-state index < -0.39 is 0 Å². The first-order valence-corrected chi connectivity index (χ1v) is 8.35. The van der Waals surface area contributed by atoms with Gasteiger partial charge in [0.05, 0.1) is 0 Å². The SMILES string of the molecule is Fc1ccc(C2CCNCC2)c(Sc2ccc(Cl)cc2)c1. The molecule has 21 heavy (non-hydrogen) atoms. The molecule has 0 amide bonds. The summed E-state index contributed by atoms with van der Waals surface area (Å²) in [5, 5.41) is 4.10. The molecule has 0 bridgehead atoms. The maximum atomic E-state index is 13.6. The Balaban J connectivity index is 1.88. The van der Waals surface area contributed by atoms with Gasteiger partial charge in [-0.25, -0.2) is 4.39 Å². The summed E-state index contributed by atoms with van der Waals surface area (Å²) in [4.78, 5) is 2.10. The molecular weight excluding hydrogens is 305 g/mol. The van der Waals surface area contributed by atoms with Gasteiger partial charge in [-0.05, 0) is 73.8 Å². The minimum atomic E-state index is -0.177. The van der Waals surface area contributed by atoms with Crippen molar-refractivity contribution in [1.29, 1.82) is 0 Å². The highest BCUT2D eigenvalue weighted by Gasteiger charge is 2.19. The van der Waals surface area contributed by atoms with Gasteiger partial charge in [-0.3, -0.25) is 0 Å². The number of piperidine rings is 1. The second-order valence-electron chi connectivity index (χ2n) is 5.26. The topological polar surface area (TPSA) is 12.0 Å². The van der Waals surface area contributed by atoms with Crippen molar-refractivity contribution < 1.29 is 4.39 Å². The molecule has 0 aromatic heterocycles. The van der Waals surface area contributed by atoms with E-state index in [1.54, 1.807) is 23.9 Å². The minimum Gasteiger partial charge on any atom is -0.317 e. The Morgan fingerprint density at radius 2 is 1.76 bits per heavy atom. The molecular formula is C17H17ClFNS. The molecule has 2 aromatic rings. The Kier molecular flexibility index (Phi) is 4.84. The molecule has 1 aliphatic heterocycles. The van der Waals surface area contributed by atoms with Crippen molar-refractivity contribution in [2.75, 3.05) is 13.1 Å². The maximum absolute atomic E-state index is 13.6. The Morgan fingerprint density at radius 3 is 2.48 bits per heavy atom. The molecule has 1 fully saturated rings. The molecule has 2 aromatic carbocycles. The molecule has 0 saturated carbocycles. The van der Waals surface area contributed by atoms with Crippen LogP contribution < -0.4 is 5.32 Å². The van der Waals surface area contributed by atoms with Crippen LogP contribution in [0.5, 0.6) is 0 Å². The van der Waals surface area contributed by atoms with E-state index in [4.69, 9.17) is 11.6 Å². The van der Waals surface area contributed by atoms with E-state index in [9.17, 15) is 4.39 Å². The molecule has 0 atom stereocenters. The van der Waals surface area contributed by atoms with Crippen molar-refractivity contribution in [3.05, 3.63) is 58.9 Å². The third-order valence-corrected chi connectivity index (χ3v) is 5.13. The van der Waals surface area contributed by atoms with E-state index in [0.29, 0.717) is 5.92 Å². The van der Waals surface area contributed by atoms with Crippen molar-refractivity contribution in [3.8, 4) is 0 Å². The molecule has 4 heteroatoms. The average Bonchev–Trinajstić information content (AvgIpc) is 2.51. The molecule has 1 heterocycles. The highest BCUT2D eigenvalue weighted by atomic mass is 35.5. The zero-order valence-electron chi connectivity index (χ0n) is 11.6. The van der Waals surface area contributed by atoms with Crippen molar-refractivity contribution in [2.45, 2.75) is 28.6 Å². The first-order chi connectivity index (χ1) is 10.2. The lowest BCUT2D eigenvalue weighted by atomic mass is 9.90. The van der Waals surface area contributed by atoms with Crippen molar-refractivity contribution in [2.24, 2.45) is 0 Å². The quantitative estimate of drug-likeness (QED) is 0.844. The molecule has 0 radical (unpaired) electrons. The normalized spacial score (nSPS) is 16.1. The lowest BCUT2D eigenvalue weighted by Gasteiger charge is -2.25. The summed E-state index contributed by atoms with van der Waals surface area (Å²) < 4.78 is 13.6. The van der Waals surface area contributed by atoms with Crippen LogP contribution in [0.3, 0.4) is 0 Å². The van der Waals surface area contributed by atoms with E-state index in [-0.39, 0.29) is 5.82 Å².